The number of nitrogens with two attached hydrogens (primary N) is 1. The lowest BCUT2D eigenvalue weighted by Gasteiger charge is -2.33. The van der Waals surface area contributed by atoms with Gasteiger partial charge in [0.2, 0.25) is 5.89 Å². The SMILES string of the molecule is CC(N)c1nc(C(=O)N2CCN(C(=O)OCc3ccccc3)CC2)co1. The number of rotatable bonds is 4. The maximum Gasteiger partial charge on any atom is 0.410 e. The van der Waals surface area contributed by atoms with Crippen LogP contribution in [0, 0.1) is 0 Å². The number of aromatic nitrogens is 1. The molecule has 0 radical (unpaired) electrons. The number of oxazole rings is 1. The fourth-order valence-corrected chi connectivity index (χ4v) is 2.66. The van der Waals surface area contributed by atoms with Gasteiger partial charge in [0.15, 0.2) is 5.69 Å². The van der Waals surface area contributed by atoms with Crippen LogP contribution in [0.15, 0.2) is 41.0 Å². The van der Waals surface area contributed by atoms with E-state index >= 15 is 0 Å². The first-order chi connectivity index (χ1) is 12.5. The summed E-state index contributed by atoms with van der Waals surface area (Å²) in [6.07, 6.45) is 0.947. The van der Waals surface area contributed by atoms with Gasteiger partial charge in [-0.1, -0.05) is 30.3 Å². The van der Waals surface area contributed by atoms with Crippen molar-refractivity contribution in [3.05, 3.63) is 53.7 Å². The number of ether oxygens (including phenoxy) is 1. The monoisotopic (exact) mass is 358 g/mol. The van der Waals surface area contributed by atoms with E-state index < -0.39 is 0 Å². The number of amides is 2. The Balaban J connectivity index is 1.48. The Labute approximate surface area is 151 Å². The minimum atomic E-state index is -0.373. The normalized spacial score (nSPS) is 15.6. The maximum atomic E-state index is 12.5. The molecule has 0 spiro atoms. The van der Waals surface area contributed by atoms with Crippen molar-refractivity contribution >= 4 is 12.0 Å². The van der Waals surface area contributed by atoms with Gasteiger partial charge in [0.1, 0.15) is 12.9 Å². The summed E-state index contributed by atoms with van der Waals surface area (Å²) in [6.45, 7) is 3.63. The van der Waals surface area contributed by atoms with Gasteiger partial charge in [-0.05, 0) is 12.5 Å². The van der Waals surface area contributed by atoms with E-state index in [0.717, 1.165) is 5.56 Å². The van der Waals surface area contributed by atoms with Crippen LogP contribution in [0.2, 0.25) is 0 Å². The van der Waals surface area contributed by atoms with Crippen LogP contribution in [0.5, 0.6) is 0 Å². The smallest absolute Gasteiger partial charge is 0.410 e. The Kier molecular flexibility index (Phi) is 5.52. The summed E-state index contributed by atoms with van der Waals surface area (Å²) < 4.78 is 10.5. The van der Waals surface area contributed by atoms with Crippen molar-refractivity contribution in [3.63, 3.8) is 0 Å². The van der Waals surface area contributed by atoms with E-state index in [-0.39, 0.29) is 30.3 Å². The van der Waals surface area contributed by atoms with Gasteiger partial charge in [0.05, 0.1) is 6.04 Å². The van der Waals surface area contributed by atoms with Gasteiger partial charge in [-0.3, -0.25) is 4.79 Å². The third-order valence-electron chi connectivity index (χ3n) is 4.16. The Hall–Kier alpha value is -2.87. The van der Waals surface area contributed by atoms with Crippen LogP contribution in [-0.4, -0.2) is 53.0 Å². The summed E-state index contributed by atoms with van der Waals surface area (Å²) in [5, 5.41) is 0. The first kappa shape index (κ1) is 17.9. The fraction of sp³-hybridized carbons (Fsp3) is 0.389. The molecule has 1 saturated heterocycles. The molecule has 8 nitrogen and oxygen atoms in total. The van der Waals surface area contributed by atoms with Gasteiger partial charge in [0.25, 0.3) is 5.91 Å². The number of piperazine rings is 1. The molecule has 1 aromatic heterocycles. The molecule has 0 aliphatic carbocycles. The molecule has 1 aliphatic heterocycles. The Morgan fingerprint density at radius 2 is 1.85 bits per heavy atom. The van der Waals surface area contributed by atoms with Crippen molar-refractivity contribution in [2.45, 2.75) is 19.6 Å². The van der Waals surface area contributed by atoms with Crippen LogP contribution in [0.25, 0.3) is 0 Å². The molecule has 0 saturated carbocycles. The summed E-state index contributed by atoms with van der Waals surface area (Å²) in [7, 11) is 0. The highest BCUT2D eigenvalue weighted by Gasteiger charge is 2.27. The molecule has 1 unspecified atom stereocenters. The average molecular weight is 358 g/mol. The summed E-state index contributed by atoms with van der Waals surface area (Å²) in [4.78, 5) is 32.0. The molecular weight excluding hydrogens is 336 g/mol. The highest BCUT2D eigenvalue weighted by Crippen LogP contribution is 2.13. The van der Waals surface area contributed by atoms with Crippen LogP contribution >= 0.6 is 0 Å². The van der Waals surface area contributed by atoms with Crippen molar-refractivity contribution < 1.29 is 18.7 Å². The predicted octanol–water partition coefficient (Wildman–Crippen LogP) is 1.79. The van der Waals surface area contributed by atoms with Gasteiger partial charge in [-0.15, -0.1) is 0 Å². The van der Waals surface area contributed by atoms with Crippen molar-refractivity contribution in [3.8, 4) is 0 Å². The van der Waals surface area contributed by atoms with E-state index in [4.69, 9.17) is 14.9 Å². The molecule has 1 aliphatic rings. The summed E-state index contributed by atoms with van der Waals surface area (Å²) in [5.41, 5.74) is 6.86. The fourth-order valence-electron chi connectivity index (χ4n) is 2.66. The molecular formula is C18H22N4O4. The second-order valence-electron chi connectivity index (χ2n) is 6.18. The Morgan fingerprint density at radius 1 is 1.19 bits per heavy atom. The van der Waals surface area contributed by atoms with Crippen LogP contribution < -0.4 is 5.73 Å². The predicted molar refractivity (Wildman–Crippen MR) is 93.2 cm³/mol. The van der Waals surface area contributed by atoms with Crippen molar-refractivity contribution in [2.75, 3.05) is 26.2 Å². The molecule has 1 aromatic carbocycles. The van der Waals surface area contributed by atoms with E-state index in [1.54, 1.807) is 16.7 Å². The number of hydrogen-bond donors (Lipinski definition) is 1. The minimum Gasteiger partial charge on any atom is -0.446 e. The zero-order valence-corrected chi connectivity index (χ0v) is 14.6. The molecule has 2 heterocycles. The zero-order chi connectivity index (χ0) is 18.5. The topological polar surface area (TPSA) is 102 Å². The van der Waals surface area contributed by atoms with Crippen LogP contribution in [-0.2, 0) is 11.3 Å². The quantitative estimate of drug-likeness (QED) is 0.894. The second-order valence-corrected chi connectivity index (χ2v) is 6.18. The molecule has 1 fully saturated rings. The highest BCUT2D eigenvalue weighted by atomic mass is 16.6. The summed E-state index contributed by atoms with van der Waals surface area (Å²) in [5.74, 6) is 0.106. The standard InChI is InChI=1S/C18H22N4O4/c1-13(19)16-20-15(12-25-16)17(23)21-7-9-22(10-8-21)18(24)26-11-14-5-3-2-4-6-14/h2-6,12-13H,7-11,19H2,1H3. The first-order valence-electron chi connectivity index (χ1n) is 8.50. The lowest BCUT2D eigenvalue weighted by Crippen LogP contribution is -2.50. The number of carbonyl (C=O) groups excluding carboxylic acids is 2. The van der Waals surface area contributed by atoms with Crippen LogP contribution in [0.1, 0.15) is 34.9 Å². The largest absolute Gasteiger partial charge is 0.446 e. The van der Waals surface area contributed by atoms with Crippen molar-refractivity contribution in [2.24, 2.45) is 5.73 Å². The molecule has 26 heavy (non-hydrogen) atoms. The van der Waals surface area contributed by atoms with Gasteiger partial charge >= 0.3 is 6.09 Å². The van der Waals surface area contributed by atoms with Gasteiger partial charge in [0, 0.05) is 26.2 Å². The minimum absolute atomic E-state index is 0.224. The zero-order valence-electron chi connectivity index (χ0n) is 14.6. The van der Waals surface area contributed by atoms with Crippen LogP contribution in [0.3, 0.4) is 0 Å². The average Bonchev–Trinajstić information content (AvgIpc) is 3.17. The molecule has 8 heteroatoms. The van der Waals surface area contributed by atoms with Gasteiger partial charge in [-0.25, -0.2) is 9.78 Å². The number of carbonyl (C=O) groups is 2. The summed E-state index contributed by atoms with van der Waals surface area (Å²) in [6, 6.07) is 9.14. The number of benzene rings is 1. The van der Waals surface area contributed by atoms with Gasteiger partial charge < -0.3 is 24.7 Å². The Morgan fingerprint density at radius 3 is 2.46 bits per heavy atom. The highest BCUT2D eigenvalue weighted by molar-refractivity contribution is 5.92. The lowest BCUT2D eigenvalue weighted by molar-refractivity contribution is 0.0539. The molecule has 2 aromatic rings. The number of nitrogens with zero attached hydrogens (tertiary/aromatic N) is 3. The molecule has 138 valence electrons. The molecule has 1 atom stereocenters. The van der Waals surface area contributed by atoms with Crippen molar-refractivity contribution in [1.29, 1.82) is 0 Å². The number of hydrogen-bond acceptors (Lipinski definition) is 6. The lowest BCUT2D eigenvalue weighted by atomic mass is 10.2. The van der Waals surface area contributed by atoms with Crippen LogP contribution in [0.4, 0.5) is 4.79 Å². The molecule has 0 bridgehead atoms. The van der Waals surface area contributed by atoms with E-state index in [1.807, 2.05) is 30.3 Å². The van der Waals surface area contributed by atoms with E-state index in [1.165, 1.54) is 6.26 Å². The van der Waals surface area contributed by atoms with Crippen molar-refractivity contribution in [1.82, 2.24) is 14.8 Å². The maximum absolute atomic E-state index is 12.5. The second kappa shape index (κ2) is 8.01. The third kappa shape index (κ3) is 4.20. The molecule has 2 N–H and O–H groups in total. The van der Waals surface area contributed by atoms with E-state index in [9.17, 15) is 9.59 Å². The third-order valence-corrected chi connectivity index (χ3v) is 4.16. The first-order valence-corrected chi connectivity index (χ1v) is 8.50. The van der Waals surface area contributed by atoms with E-state index in [2.05, 4.69) is 4.98 Å². The summed E-state index contributed by atoms with van der Waals surface area (Å²) >= 11 is 0. The molecule has 3 rings (SSSR count). The van der Waals surface area contributed by atoms with E-state index in [0.29, 0.717) is 32.1 Å². The Bertz CT molecular complexity index is 752. The molecule has 2 amide bonds. The van der Waals surface area contributed by atoms with Gasteiger partial charge in [-0.2, -0.15) is 0 Å².